The van der Waals surface area contributed by atoms with Crippen molar-refractivity contribution in [2.45, 2.75) is 19.3 Å². The fourth-order valence-corrected chi connectivity index (χ4v) is 1.45. The quantitative estimate of drug-likeness (QED) is 0.758. The molecule has 0 radical (unpaired) electrons. The Labute approximate surface area is 87.8 Å². The maximum atomic E-state index is 5.10. The van der Waals surface area contributed by atoms with Crippen molar-refractivity contribution in [2.75, 3.05) is 6.61 Å². The summed E-state index contributed by atoms with van der Waals surface area (Å²) in [7, 11) is 0. The van der Waals surface area contributed by atoms with Gasteiger partial charge in [-0.1, -0.05) is 13.8 Å². The molecule has 5 nitrogen and oxygen atoms in total. The average molecular weight is 206 g/mol. The summed E-state index contributed by atoms with van der Waals surface area (Å²) in [5.74, 6) is 5.10. The van der Waals surface area contributed by atoms with E-state index in [4.69, 9.17) is 10.7 Å². The summed E-state index contributed by atoms with van der Waals surface area (Å²) in [5, 5.41) is 4.14. The largest absolute Gasteiger partial charge is 0.304 e. The van der Waals surface area contributed by atoms with E-state index >= 15 is 0 Å². The molecule has 0 atom stereocenters. The summed E-state index contributed by atoms with van der Waals surface area (Å²) < 4.78 is 1.74. The van der Waals surface area contributed by atoms with Gasteiger partial charge in [0.25, 0.3) is 0 Å². The molecule has 2 heterocycles. The molecule has 0 spiro atoms. The molecule has 15 heavy (non-hydrogen) atoms. The molecule has 0 saturated carbocycles. The molecule has 2 aromatic heterocycles. The number of nitrogens with zero attached hydrogens (tertiary/aromatic N) is 3. The van der Waals surface area contributed by atoms with Crippen LogP contribution in [0.2, 0.25) is 0 Å². The smallest absolute Gasteiger partial charge is 0.154 e. The molecular weight excluding hydrogens is 192 g/mol. The Hall–Kier alpha value is -1.46. The second kappa shape index (κ2) is 3.60. The lowest BCUT2D eigenvalue weighted by Gasteiger charge is -2.22. The number of hydrogen-bond acceptors (Lipinski definition) is 4. The van der Waals surface area contributed by atoms with Crippen LogP contribution in [0.5, 0.6) is 0 Å². The van der Waals surface area contributed by atoms with Gasteiger partial charge < -0.3 is 4.84 Å². The van der Waals surface area contributed by atoms with Crippen molar-refractivity contribution in [3.05, 3.63) is 30.2 Å². The maximum Gasteiger partial charge on any atom is 0.154 e. The summed E-state index contributed by atoms with van der Waals surface area (Å²) >= 11 is 0. The van der Waals surface area contributed by atoms with Crippen molar-refractivity contribution in [1.82, 2.24) is 14.6 Å². The highest BCUT2D eigenvalue weighted by atomic mass is 16.6. The molecule has 2 rings (SSSR count). The third-order valence-electron chi connectivity index (χ3n) is 2.47. The first-order chi connectivity index (χ1) is 7.13. The number of rotatable bonds is 3. The van der Waals surface area contributed by atoms with E-state index in [0.717, 1.165) is 11.2 Å². The molecule has 0 aliphatic heterocycles. The van der Waals surface area contributed by atoms with Crippen LogP contribution in [0.1, 0.15) is 19.4 Å². The van der Waals surface area contributed by atoms with Gasteiger partial charge >= 0.3 is 0 Å². The minimum Gasteiger partial charge on any atom is -0.304 e. The Kier molecular flexibility index (Phi) is 2.42. The van der Waals surface area contributed by atoms with Crippen LogP contribution in [-0.4, -0.2) is 21.2 Å². The van der Waals surface area contributed by atoms with E-state index in [1.165, 1.54) is 0 Å². The highest BCUT2D eigenvalue weighted by molar-refractivity contribution is 5.37. The van der Waals surface area contributed by atoms with E-state index in [-0.39, 0.29) is 5.41 Å². The van der Waals surface area contributed by atoms with Gasteiger partial charge in [0.1, 0.15) is 0 Å². The molecule has 0 bridgehead atoms. The predicted octanol–water partition coefficient (Wildman–Crippen LogP) is 0.897. The van der Waals surface area contributed by atoms with Gasteiger partial charge in [-0.15, -0.1) is 0 Å². The van der Waals surface area contributed by atoms with E-state index in [1.807, 2.05) is 32.3 Å². The number of hydrogen-bond donors (Lipinski definition) is 1. The van der Waals surface area contributed by atoms with Gasteiger partial charge in [-0.2, -0.15) is 5.10 Å². The molecule has 5 heteroatoms. The van der Waals surface area contributed by atoms with Gasteiger partial charge in [-0.3, -0.25) is 0 Å². The molecular formula is C10H14N4O. The Morgan fingerprint density at radius 1 is 1.53 bits per heavy atom. The zero-order chi connectivity index (χ0) is 10.9. The summed E-state index contributed by atoms with van der Waals surface area (Å²) in [5.41, 5.74) is 1.72. The zero-order valence-corrected chi connectivity index (χ0v) is 8.84. The van der Waals surface area contributed by atoms with E-state index in [0.29, 0.717) is 6.61 Å². The predicted molar refractivity (Wildman–Crippen MR) is 56.2 cm³/mol. The van der Waals surface area contributed by atoms with Gasteiger partial charge in [0.15, 0.2) is 5.65 Å². The highest BCUT2D eigenvalue weighted by Crippen LogP contribution is 2.22. The van der Waals surface area contributed by atoms with Crippen LogP contribution in [-0.2, 0) is 10.3 Å². The average Bonchev–Trinajstić information content (AvgIpc) is 2.63. The van der Waals surface area contributed by atoms with Gasteiger partial charge in [0.05, 0.1) is 12.8 Å². The lowest BCUT2D eigenvalue weighted by Crippen LogP contribution is -2.26. The van der Waals surface area contributed by atoms with Crippen LogP contribution in [0.4, 0.5) is 0 Å². The molecule has 0 aromatic carbocycles. The summed E-state index contributed by atoms with van der Waals surface area (Å²) in [4.78, 5) is 8.99. The fraction of sp³-hybridized carbons (Fsp3) is 0.400. The van der Waals surface area contributed by atoms with Gasteiger partial charge in [-0.05, 0) is 5.56 Å². The van der Waals surface area contributed by atoms with Gasteiger partial charge in [0.2, 0.25) is 0 Å². The molecule has 80 valence electrons. The van der Waals surface area contributed by atoms with Crippen molar-refractivity contribution in [2.24, 2.45) is 5.90 Å². The monoisotopic (exact) mass is 206 g/mol. The molecule has 0 amide bonds. The molecule has 0 aliphatic carbocycles. The zero-order valence-electron chi connectivity index (χ0n) is 8.84. The Morgan fingerprint density at radius 2 is 2.33 bits per heavy atom. The lowest BCUT2D eigenvalue weighted by molar-refractivity contribution is 0.0961. The van der Waals surface area contributed by atoms with Crippen molar-refractivity contribution in [1.29, 1.82) is 0 Å². The van der Waals surface area contributed by atoms with Crippen molar-refractivity contribution < 1.29 is 4.84 Å². The topological polar surface area (TPSA) is 65.4 Å². The van der Waals surface area contributed by atoms with E-state index < -0.39 is 0 Å². The summed E-state index contributed by atoms with van der Waals surface area (Å²) in [6.45, 7) is 4.54. The normalized spacial score (nSPS) is 12.2. The third-order valence-corrected chi connectivity index (χ3v) is 2.47. The van der Waals surface area contributed by atoms with Gasteiger partial charge in [-0.25, -0.2) is 15.4 Å². The molecule has 0 fully saturated rings. The van der Waals surface area contributed by atoms with E-state index in [2.05, 4.69) is 10.1 Å². The SMILES string of the molecule is CC(C)(CON)c1cnc2ccnn2c1. The van der Waals surface area contributed by atoms with Crippen LogP contribution in [0, 0.1) is 0 Å². The number of fused-ring (bicyclic) bond motifs is 1. The molecule has 2 aromatic rings. The van der Waals surface area contributed by atoms with Gasteiger partial charge in [0, 0.05) is 23.9 Å². The summed E-state index contributed by atoms with van der Waals surface area (Å²) in [6, 6.07) is 1.86. The van der Waals surface area contributed by atoms with Crippen LogP contribution in [0.3, 0.4) is 0 Å². The van der Waals surface area contributed by atoms with Crippen molar-refractivity contribution in [3.8, 4) is 0 Å². The third kappa shape index (κ3) is 1.84. The molecule has 0 unspecified atom stereocenters. The maximum absolute atomic E-state index is 5.10. The highest BCUT2D eigenvalue weighted by Gasteiger charge is 2.21. The summed E-state index contributed by atoms with van der Waals surface area (Å²) in [6.07, 6.45) is 5.50. The second-order valence-electron chi connectivity index (χ2n) is 4.17. The second-order valence-corrected chi connectivity index (χ2v) is 4.17. The molecule has 2 N–H and O–H groups in total. The number of nitrogens with two attached hydrogens (primary N) is 1. The first-order valence-electron chi connectivity index (χ1n) is 4.75. The Morgan fingerprint density at radius 3 is 3.07 bits per heavy atom. The minimum absolute atomic E-state index is 0.165. The molecule has 0 aliphatic rings. The van der Waals surface area contributed by atoms with E-state index in [9.17, 15) is 0 Å². The fourth-order valence-electron chi connectivity index (χ4n) is 1.45. The van der Waals surface area contributed by atoms with Crippen LogP contribution in [0.15, 0.2) is 24.7 Å². The molecule has 0 saturated heterocycles. The lowest BCUT2D eigenvalue weighted by atomic mass is 9.88. The van der Waals surface area contributed by atoms with Crippen molar-refractivity contribution in [3.63, 3.8) is 0 Å². The Balaban J connectivity index is 2.42. The van der Waals surface area contributed by atoms with Crippen LogP contribution in [0.25, 0.3) is 5.65 Å². The standard InChI is InChI=1S/C10H14N4O/c1-10(2,7-15-11)8-5-12-9-3-4-13-14(9)6-8/h3-6H,7,11H2,1-2H3. The van der Waals surface area contributed by atoms with Crippen LogP contribution < -0.4 is 5.90 Å². The number of aromatic nitrogens is 3. The Bertz CT molecular complexity index is 463. The van der Waals surface area contributed by atoms with Crippen molar-refractivity contribution >= 4 is 5.65 Å². The first kappa shape index (κ1) is 10.1. The van der Waals surface area contributed by atoms with E-state index in [1.54, 1.807) is 10.7 Å². The van der Waals surface area contributed by atoms with Crippen LogP contribution >= 0.6 is 0 Å². The first-order valence-corrected chi connectivity index (χ1v) is 4.75. The minimum atomic E-state index is -0.165.